The highest BCUT2D eigenvalue weighted by atomic mass is 35.5. The molecule has 1 heterocycles. The van der Waals surface area contributed by atoms with Gasteiger partial charge < -0.3 is 25.6 Å². The highest BCUT2D eigenvalue weighted by Crippen LogP contribution is 2.20. The Balaban J connectivity index is 0.00000242. The second-order valence-corrected chi connectivity index (χ2v) is 4.96. The molecule has 6 nitrogen and oxygen atoms in total. The maximum atomic E-state index is 12.0. The molecule has 1 fully saturated rings. The molecule has 7 heteroatoms. The van der Waals surface area contributed by atoms with E-state index in [2.05, 4.69) is 5.32 Å². The number of rotatable bonds is 7. The first-order valence-electron chi connectivity index (χ1n) is 7.19. The van der Waals surface area contributed by atoms with E-state index in [9.17, 15) is 4.79 Å². The lowest BCUT2D eigenvalue weighted by molar-refractivity contribution is -0.132. The zero-order valence-electron chi connectivity index (χ0n) is 12.4. The molecule has 1 aliphatic heterocycles. The molecule has 124 valence electrons. The SMILES string of the molecule is Cl.NC[C@H]1CC[C@@H](C(=O)NCc2ccccc2OCCO)O1. The van der Waals surface area contributed by atoms with Crippen LogP contribution in [0.3, 0.4) is 0 Å². The molecule has 1 saturated heterocycles. The van der Waals surface area contributed by atoms with Gasteiger partial charge in [-0.25, -0.2) is 0 Å². The number of halogens is 1. The van der Waals surface area contributed by atoms with Gasteiger partial charge in [-0.2, -0.15) is 0 Å². The van der Waals surface area contributed by atoms with Crippen molar-refractivity contribution in [2.75, 3.05) is 19.8 Å². The number of benzene rings is 1. The van der Waals surface area contributed by atoms with Gasteiger partial charge >= 0.3 is 0 Å². The molecule has 0 bridgehead atoms. The van der Waals surface area contributed by atoms with E-state index in [1.807, 2.05) is 24.3 Å². The number of hydrogen-bond acceptors (Lipinski definition) is 5. The van der Waals surface area contributed by atoms with Crippen LogP contribution in [0.4, 0.5) is 0 Å². The Morgan fingerprint density at radius 1 is 1.41 bits per heavy atom. The molecule has 0 unspecified atom stereocenters. The summed E-state index contributed by atoms with van der Waals surface area (Å²) in [5.41, 5.74) is 6.40. The first kappa shape index (κ1) is 18.7. The van der Waals surface area contributed by atoms with E-state index < -0.39 is 6.10 Å². The first-order chi connectivity index (χ1) is 10.2. The van der Waals surface area contributed by atoms with Gasteiger partial charge in [-0.05, 0) is 18.9 Å². The Kier molecular flexibility index (Phi) is 8.19. The van der Waals surface area contributed by atoms with Crippen LogP contribution >= 0.6 is 12.4 Å². The fourth-order valence-electron chi connectivity index (χ4n) is 2.31. The van der Waals surface area contributed by atoms with Gasteiger partial charge in [-0.15, -0.1) is 12.4 Å². The van der Waals surface area contributed by atoms with Crippen molar-refractivity contribution < 1.29 is 19.4 Å². The van der Waals surface area contributed by atoms with Crippen molar-refractivity contribution in [2.45, 2.75) is 31.6 Å². The molecular formula is C15H23ClN2O4. The van der Waals surface area contributed by atoms with E-state index in [0.717, 1.165) is 12.0 Å². The molecular weight excluding hydrogens is 308 g/mol. The molecule has 0 spiro atoms. The van der Waals surface area contributed by atoms with E-state index in [-0.39, 0.29) is 37.6 Å². The average molecular weight is 331 g/mol. The second kappa shape index (κ2) is 9.63. The molecule has 1 aromatic rings. The van der Waals surface area contributed by atoms with Gasteiger partial charge in [0.05, 0.1) is 12.7 Å². The Bertz CT molecular complexity index is 473. The van der Waals surface area contributed by atoms with Crippen LogP contribution in [-0.2, 0) is 16.1 Å². The predicted molar refractivity (Wildman–Crippen MR) is 85.1 cm³/mol. The van der Waals surface area contributed by atoms with Gasteiger partial charge in [-0.1, -0.05) is 18.2 Å². The Labute approximate surface area is 136 Å². The van der Waals surface area contributed by atoms with Gasteiger partial charge in [0.1, 0.15) is 18.5 Å². The molecule has 2 rings (SSSR count). The fourth-order valence-corrected chi connectivity index (χ4v) is 2.31. The van der Waals surface area contributed by atoms with Crippen LogP contribution in [0.25, 0.3) is 0 Å². The molecule has 0 aliphatic carbocycles. The van der Waals surface area contributed by atoms with Crippen LogP contribution in [0, 0.1) is 0 Å². The molecule has 22 heavy (non-hydrogen) atoms. The molecule has 1 aromatic carbocycles. The summed E-state index contributed by atoms with van der Waals surface area (Å²) in [6.07, 6.45) is 1.10. The van der Waals surface area contributed by atoms with Gasteiger partial charge in [-0.3, -0.25) is 4.79 Å². The van der Waals surface area contributed by atoms with Crippen molar-refractivity contribution in [1.82, 2.24) is 5.32 Å². The van der Waals surface area contributed by atoms with Crippen LogP contribution < -0.4 is 15.8 Å². The maximum absolute atomic E-state index is 12.0. The number of amides is 1. The Morgan fingerprint density at radius 3 is 2.86 bits per heavy atom. The van der Waals surface area contributed by atoms with Gasteiger partial charge in [0.2, 0.25) is 5.91 Å². The van der Waals surface area contributed by atoms with Crippen molar-refractivity contribution in [3.63, 3.8) is 0 Å². The number of hydrogen-bond donors (Lipinski definition) is 3. The van der Waals surface area contributed by atoms with E-state index in [1.165, 1.54) is 0 Å². The Hall–Kier alpha value is -1.34. The second-order valence-electron chi connectivity index (χ2n) is 4.96. The molecule has 2 atom stereocenters. The first-order valence-corrected chi connectivity index (χ1v) is 7.19. The summed E-state index contributed by atoms with van der Waals surface area (Å²) >= 11 is 0. The summed E-state index contributed by atoms with van der Waals surface area (Å²) in [5, 5.41) is 11.7. The molecule has 0 radical (unpaired) electrons. The van der Waals surface area contributed by atoms with Crippen molar-refractivity contribution in [2.24, 2.45) is 5.73 Å². The maximum Gasteiger partial charge on any atom is 0.249 e. The highest BCUT2D eigenvalue weighted by Gasteiger charge is 2.29. The van der Waals surface area contributed by atoms with Gasteiger partial charge in [0, 0.05) is 18.7 Å². The lowest BCUT2D eigenvalue weighted by atomic mass is 10.1. The van der Waals surface area contributed by atoms with Crippen LogP contribution in [-0.4, -0.2) is 43.0 Å². The van der Waals surface area contributed by atoms with Crippen LogP contribution in [0.5, 0.6) is 5.75 Å². The van der Waals surface area contributed by atoms with E-state index in [1.54, 1.807) is 0 Å². The van der Waals surface area contributed by atoms with Crippen molar-refractivity contribution in [3.05, 3.63) is 29.8 Å². The topological polar surface area (TPSA) is 93.8 Å². The standard InChI is InChI=1S/C15H22N2O4.ClH/c16-9-12-5-6-14(21-12)15(19)17-10-11-3-1-2-4-13(11)20-8-7-18;/h1-4,12,14,18H,5-10,16H2,(H,17,19);1H/t12-,14+;/m1./s1. The number of carbonyl (C=O) groups is 1. The Morgan fingerprint density at radius 2 is 2.18 bits per heavy atom. The number of aliphatic hydroxyl groups excluding tert-OH is 1. The molecule has 1 aliphatic rings. The molecule has 1 amide bonds. The summed E-state index contributed by atoms with van der Waals surface area (Å²) in [6, 6.07) is 7.42. The van der Waals surface area contributed by atoms with Crippen LogP contribution in [0.1, 0.15) is 18.4 Å². The number of aliphatic hydroxyl groups is 1. The third-order valence-corrected chi connectivity index (χ3v) is 3.44. The van der Waals surface area contributed by atoms with E-state index in [4.69, 9.17) is 20.3 Å². The summed E-state index contributed by atoms with van der Waals surface area (Å²) in [5.74, 6) is 0.543. The predicted octanol–water partition coefficient (Wildman–Crippen LogP) is 0.602. The van der Waals surface area contributed by atoms with Crippen molar-refractivity contribution in [1.29, 1.82) is 0 Å². The summed E-state index contributed by atoms with van der Waals surface area (Å²) in [6.45, 7) is 1.00. The van der Waals surface area contributed by atoms with Crippen LogP contribution in [0.2, 0.25) is 0 Å². The van der Waals surface area contributed by atoms with Crippen LogP contribution in [0.15, 0.2) is 24.3 Å². The third-order valence-electron chi connectivity index (χ3n) is 3.44. The smallest absolute Gasteiger partial charge is 0.249 e. The zero-order valence-corrected chi connectivity index (χ0v) is 13.2. The number of ether oxygens (including phenoxy) is 2. The third kappa shape index (κ3) is 5.14. The average Bonchev–Trinajstić information content (AvgIpc) is 3.00. The lowest BCUT2D eigenvalue weighted by Crippen LogP contribution is -2.35. The highest BCUT2D eigenvalue weighted by molar-refractivity contribution is 5.85. The number of para-hydroxylation sites is 1. The number of nitrogens with two attached hydrogens (primary N) is 1. The van der Waals surface area contributed by atoms with Crippen molar-refractivity contribution in [3.8, 4) is 5.75 Å². The number of carbonyl (C=O) groups excluding carboxylic acids is 1. The normalized spacial score (nSPS) is 20.3. The van der Waals surface area contributed by atoms with E-state index in [0.29, 0.717) is 25.3 Å². The van der Waals surface area contributed by atoms with Crippen molar-refractivity contribution >= 4 is 18.3 Å². The minimum absolute atomic E-state index is 0. The minimum Gasteiger partial charge on any atom is -0.491 e. The summed E-state index contributed by atoms with van der Waals surface area (Å²) < 4.78 is 11.0. The van der Waals surface area contributed by atoms with E-state index >= 15 is 0 Å². The van der Waals surface area contributed by atoms with Gasteiger partial charge in [0.15, 0.2) is 0 Å². The quantitative estimate of drug-likeness (QED) is 0.681. The minimum atomic E-state index is -0.413. The fraction of sp³-hybridized carbons (Fsp3) is 0.533. The summed E-state index contributed by atoms with van der Waals surface area (Å²) in [4.78, 5) is 12.0. The monoisotopic (exact) mass is 330 g/mol. The summed E-state index contributed by atoms with van der Waals surface area (Å²) in [7, 11) is 0. The molecule has 0 aromatic heterocycles. The van der Waals surface area contributed by atoms with Gasteiger partial charge in [0.25, 0.3) is 0 Å². The lowest BCUT2D eigenvalue weighted by Gasteiger charge is -2.14. The number of nitrogens with one attached hydrogen (secondary N) is 1. The molecule has 4 N–H and O–H groups in total. The molecule has 0 saturated carbocycles. The largest absolute Gasteiger partial charge is 0.491 e. The zero-order chi connectivity index (χ0) is 15.1.